The van der Waals surface area contributed by atoms with Crippen molar-refractivity contribution in [1.82, 2.24) is 0 Å². The summed E-state index contributed by atoms with van der Waals surface area (Å²) in [6.07, 6.45) is 4.70. The second-order valence-electron chi connectivity index (χ2n) is 15.6. The van der Waals surface area contributed by atoms with Gasteiger partial charge in [0.1, 0.15) is 0 Å². The predicted octanol–water partition coefficient (Wildman–Crippen LogP) is 9.77. The quantitative estimate of drug-likeness (QED) is 0.112. The Morgan fingerprint density at radius 3 is 0.933 bits per heavy atom. The maximum absolute atomic E-state index is 6.15. The standard InChI is InChI=1S/C41H34P2.C14H16N2.Ru/c1-5-17-33(18-6-1)42(34-19-7-2-8-20-34)37-25-13-15-31-27-29-41(39(31)37)30-28-32-16-14-26-38(40(32)41)43(35-21-9-3-10-22-35)36-23-11-4-12-24-36;15-13(11-7-3-1-4-8-11)14(16)12-9-5-2-6-10-12;/h1-26H,27-30H2;1-10,13-14H,15-16H2;/q;;+3. The van der Waals surface area contributed by atoms with Crippen LogP contribution in [0, 0.1) is 0 Å². The van der Waals surface area contributed by atoms with Gasteiger partial charge in [-0.25, -0.2) is 0 Å². The Kier molecular flexibility index (Phi) is 13.4. The molecule has 0 saturated heterocycles. The molecular formula is C55H50N2P2Ru+3. The number of aryl methyl sites for hydroxylation is 2. The second kappa shape index (κ2) is 19.3. The third-order valence-corrected chi connectivity index (χ3v) is 17.1. The van der Waals surface area contributed by atoms with Gasteiger partial charge < -0.3 is 11.5 Å². The van der Waals surface area contributed by atoms with E-state index in [1.165, 1.54) is 34.1 Å². The van der Waals surface area contributed by atoms with Crippen molar-refractivity contribution in [3.05, 3.63) is 252 Å². The molecule has 5 heteroatoms. The topological polar surface area (TPSA) is 52.0 Å². The molecule has 10 rings (SSSR count). The summed E-state index contributed by atoms with van der Waals surface area (Å²) in [6.45, 7) is 0. The van der Waals surface area contributed by atoms with Crippen LogP contribution in [0.4, 0.5) is 0 Å². The largest absolute Gasteiger partial charge is 3.00 e. The van der Waals surface area contributed by atoms with Crippen molar-refractivity contribution in [1.29, 1.82) is 0 Å². The van der Waals surface area contributed by atoms with Gasteiger partial charge >= 0.3 is 19.5 Å². The Labute approximate surface area is 371 Å². The zero-order valence-electron chi connectivity index (χ0n) is 33.7. The minimum absolute atomic E-state index is 0. The fourth-order valence-corrected chi connectivity index (χ4v) is 14.7. The van der Waals surface area contributed by atoms with Crippen molar-refractivity contribution < 1.29 is 19.5 Å². The number of fused-ring (bicyclic) bond motifs is 4. The second-order valence-corrected chi connectivity index (χ2v) is 20.0. The summed E-state index contributed by atoms with van der Waals surface area (Å²) in [6, 6.07) is 79.1. The van der Waals surface area contributed by atoms with Crippen molar-refractivity contribution in [2.45, 2.75) is 43.2 Å². The average Bonchev–Trinajstić information content (AvgIpc) is 3.89. The van der Waals surface area contributed by atoms with Gasteiger partial charge in [-0.05, 0) is 107 Å². The van der Waals surface area contributed by atoms with E-state index in [1.807, 2.05) is 60.7 Å². The summed E-state index contributed by atoms with van der Waals surface area (Å²) in [5.74, 6) is 0. The van der Waals surface area contributed by atoms with Crippen molar-refractivity contribution in [2.24, 2.45) is 11.5 Å². The summed E-state index contributed by atoms with van der Waals surface area (Å²) in [5.41, 5.74) is 20.9. The van der Waals surface area contributed by atoms with Crippen LogP contribution in [0.25, 0.3) is 0 Å². The summed E-state index contributed by atoms with van der Waals surface area (Å²) in [7, 11) is -1.38. The summed E-state index contributed by atoms with van der Waals surface area (Å²) in [4.78, 5) is 0. The molecule has 4 N–H and O–H groups in total. The molecule has 60 heavy (non-hydrogen) atoms. The molecule has 295 valence electrons. The molecule has 2 aliphatic carbocycles. The number of hydrogen-bond acceptors (Lipinski definition) is 2. The normalized spacial score (nSPS) is 14.4. The summed E-state index contributed by atoms with van der Waals surface area (Å²) < 4.78 is 0. The number of rotatable bonds is 9. The maximum atomic E-state index is 6.15. The molecule has 0 fully saturated rings. The molecule has 8 aromatic rings. The molecule has 0 aromatic heterocycles. The molecule has 1 spiro atoms. The molecule has 0 heterocycles. The molecule has 2 aliphatic rings. The van der Waals surface area contributed by atoms with Crippen LogP contribution in [-0.4, -0.2) is 0 Å². The van der Waals surface area contributed by atoms with Crippen LogP contribution >= 0.6 is 15.8 Å². The first-order valence-electron chi connectivity index (χ1n) is 20.8. The minimum atomic E-state index is -0.688. The van der Waals surface area contributed by atoms with Crippen molar-refractivity contribution in [3.63, 3.8) is 0 Å². The van der Waals surface area contributed by atoms with E-state index >= 15 is 0 Å². The van der Waals surface area contributed by atoms with Crippen LogP contribution in [0.15, 0.2) is 218 Å². The average molecular weight is 902 g/mol. The van der Waals surface area contributed by atoms with E-state index < -0.39 is 15.8 Å². The smallest absolute Gasteiger partial charge is 0.322 e. The van der Waals surface area contributed by atoms with Gasteiger partial charge in [0.15, 0.2) is 0 Å². The third kappa shape index (κ3) is 8.41. The van der Waals surface area contributed by atoms with Crippen LogP contribution in [-0.2, 0) is 37.7 Å². The van der Waals surface area contributed by atoms with E-state index in [2.05, 4.69) is 158 Å². The molecule has 0 bridgehead atoms. The minimum Gasteiger partial charge on any atom is -0.322 e. The molecular weight excluding hydrogens is 852 g/mol. The first-order valence-corrected chi connectivity index (χ1v) is 23.5. The Hall–Kier alpha value is -4.84. The molecule has 2 nitrogen and oxygen atoms in total. The molecule has 0 aliphatic heterocycles. The van der Waals surface area contributed by atoms with E-state index in [9.17, 15) is 0 Å². The number of nitrogens with two attached hydrogens (primary N) is 2. The Morgan fingerprint density at radius 2 is 0.633 bits per heavy atom. The molecule has 2 atom stereocenters. The summed E-state index contributed by atoms with van der Waals surface area (Å²) in [5, 5.41) is 8.83. The van der Waals surface area contributed by atoms with Gasteiger partial charge in [-0.15, -0.1) is 0 Å². The van der Waals surface area contributed by atoms with Crippen LogP contribution in [0.2, 0.25) is 0 Å². The van der Waals surface area contributed by atoms with Crippen molar-refractivity contribution >= 4 is 47.7 Å². The maximum Gasteiger partial charge on any atom is 3.00 e. The van der Waals surface area contributed by atoms with Crippen molar-refractivity contribution in [2.75, 3.05) is 0 Å². The Morgan fingerprint density at radius 1 is 0.350 bits per heavy atom. The van der Waals surface area contributed by atoms with E-state index in [1.54, 1.807) is 32.9 Å². The van der Waals surface area contributed by atoms with Gasteiger partial charge in [0.05, 0.1) is 0 Å². The van der Waals surface area contributed by atoms with Gasteiger partial charge in [-0.3, -0.25) is 0 Å². The Balaban J connectivity index is 0.000000248. The number of hydrogen-bond donors (Lipinski definition) is 2. The molecule has 2 unspecified atom stereocenters. The molecule has 8 aromatic carbocycles. The van der Waals surface area contributed by atoms with Gasteiger partial charge in [0.2, 0.25) is 0 Å². The predicted molar refractivity (Wildman–Crippen MR) is 254 cm³/mol. The first kappa shape index (κ1) is 41.9. The Bertz CT molecular complexity index is 2330. The van der Waals surface area contributed by atoms with Crippen LogP contribution in [0.1, 0.15) is 58.3 Å². The van der Waals surface area contributed by atoms with E-state index in [4.69, 9.17) is 11.5 Å². The fourth-order valence-electron chi connectivity index (χ4n) is 9.44. The van der Waals surface area contributed by atoms with E-state index in [0.717, 1.165) is 24.0 Å². The first-order chi connectivity index (χ1) is 29.1. The number of benzene rings is 8. The third-order valence-electron chi connectivity index (χ3n) is 12.2. The van der Waals surface area contributed by atoms with Crippen LogP contribution < -0.4 is 43.3 Å². The van der Waals surface area contributed by atoms with Crippen LogP contribution in [0.5, 0.6) is 0 Å². The fraction of sp³-hybridized carbons (Fsp3) is 0.127. The van der Waals surface area contributed by atoms with Crippen LogP contribution in [0.3, 0.4) is 0 Å². The monoisotopic (exact) mass is 902 g/mol. The van der Waals surface area contributed by atoms with E-state index in [-0.39, 0.29) is 37.0 Å². The van der Waals surface area contributed by atoms with Gasteiger partial charge in [0, 0.05) is 17.5 Å². The molecule has 0 amide bonds. The molecule has 1 radical (unpaired) electrons. The summed E-state index contributed by atoms with van der Waals surface area (Å²) >= 11 is 0. The zero-order valence-corrected chi connectivity index (χ0v) is 37.2. The van der Waals surface area contributed by atoms with Gasteiger partial charge in [-0.1, -0.05) is 218 Å². The van der Waals surface area contributed by atoms with Crippen molar-refractivity contribution in [3.8, 4) is 0 Å². The SMILES string of the molecule is NC(c1ccccc1)C(N)c1ccccc1.[Ru+3].c1ccc(P(c2ccccc2)c2cccc3c2C2(CC3)CCc3cccc(P(c4ccccc4)c4ccccc4)c32)cc1. The zero-order chi connectivity index (χ0) is 40.0. The molecule has 0 saturated carbocycles. The van der Waals surface area contributed by atoms with Gasteiger partial charge in [0.25, 0.3) is 0 Å². The van der Waals surface area contributed by atoms with Gasteiger partial charge in [-0.2, -0.15) is 0 Å². The van der Waals surface area contributed by atoms with E-state index in [0.29, 0.717) is 0 Å².